The molecule has 1 unspecified atom stereocenters. The van der Waals surface area contributed by atoms with Crippen LogP contribution >= 0.6 is 0 Å². The molecule has 1 aliphatic heterocycles. The smallest absolute Gasteiger partial charge is 0.408 e. The number of hydrogen-bond acceptors (Lipinski definition) is 6. The van der Waals surface area contributed by atoms with E-state index in [-0.39, 0.29) is 30.1 Å². The van der Waals surface area contributed by atoms with E-state index in [0.29, 0.717) is 5.06 Å². The van der Waals surface area contributed by atoms with Crippen LogP contribution in [0, 0.1) is 5.92 Å². The molecule has 3 rings (SSSR count). The Bertz CT molecular complexity index is 922. The highest BCUT2D eigenvalue weighted by Crippen LogP contribution is 2.23. The highest BCUT2D eigenvalue weighted by molar-refractivity contribution is 6.20. The highest BCUT2D eigenvalue weighted by Gasteiger charge is 2.40. The third kappa shape index (κ3) is 4.83. The molecule has 0 saturated heterocycles. The molecule has 8 heteroatoms. The number of carbonyl (C=O) groups excluding carboxylic acids is 4. The van der Waals surface area contributed by atoms with E-state index in [2.05, 4.69) is 5.32 Å². The van der Waals surface area contributed by atoms with Crippen molar-refractivity contribution in [2.45, 2.75) is 32.9 Å². The number of rotatable bonds is 7. The van der Waals surface area contributed by atoms with Crippen LogP contribution in [-0.2, 0) is 21.0 Å². The Balaban J connectivity index is 1.63. The molecule has 0 aromatic heterocycles. The van der Waals surface area contributed by atoms with Gasteiger partial charge in [0.05, 0.1) is 11.1 Å². The molecular formula is C22H22N2O6. The lowest BCUT2D eigenvalue weighted by Crippen LogP contribution is -2.46. The van der Waals surface area contributed by atoms with Gasteiger partial charge in [0.2, 0.25) is 0 Å². The van der Waals surface area contributed by atoms with Crippen LogP contribution in [0.2, 0.25) is 0 Å². The van der Waals surface area contributed by atoms with Crippen molar-refractivity contribution in [3.05, 3.63) is 71.3 Å². The molecule has 2 aromatic carbocycles. The van der Waals surface area contributed by atoms with Crippen molar-refractivity contribution in [1.82, 2.24) is 10.4 Å². The number of benzene rings is 2. The molecule has 1 N–H and O–H groups in total. The summed E-state index contributed by atoms with van der Waals surface area (Å²) >= 11 is 0. The van der Waals surface area contributed by atoms with Gasteiger partial charge in [-0.05, 0) is 30.0 Å². The van der Waals surface area contributed by atoms with Crippen molar-refractivity contribution >= 4 is 23.9 Å². The summed E-state index contributed by atoms with van der Waals surface area (Å²) in [6.07, 6.45) is -0.563. The van der Waals surface area contributed by atoms with Crippen molar-refractivity contribution in [1.29, 1.82) is 0 Å². The van der Waals surface area contributed by atoms with Gasteiger partial charge < -0.3 is 14.9 Å². The van der Waals surface area contributed by atoms with Crippen molar-refractivity contribution < 1.29 is 28.8 Å². The third-order valence-corrected chi connectivity index (χ3v) is 4.43. The molecule has 3 amide bonds. The van der Waals surface area contributed by atoms with E-state index in [1.807, 2.05) is 32.0 Å². The molecule has 0 radical (unpaired) electrons. The average molecular weight is 410 g/mol. The van der Waals surface area contributed by atoms with Crippen LogP contribution in [0.3, 0.4) is 0 Å². The molecule has 2 aromatic rings. The number of carbonyl (C=O) groups is 4. The fraction of sp³-hybridized carbons (Fsp3) is 0.273. The summed E-state index contributed by atoms with van der Waals surface area (Å²) in [6.45, 7) is 3.76. The Morgan fingerprint density at radius 2 is 1.50 bits per heavy atom. The van der Waals surface area contributed by atoms with Gasteiger partial charge in [-0.3, -0.25) is 9.59 Å². The van der Waals surface area contributed by atoms with E-state index in [9.17, 15) is 19.2 Å². The zero-order valence-electron chi connectivity index (χ0n) is 16.7. The monoisotopic (exact) mass is 410 g/mol. The van der Waals surface area contributed by atoms with Crippen molar-refractivity contribution in [2.24, 2.45) is 5.92 Å². The molecule has 0 fully saturated rings. The summed E-state index contributed by atoms with van der Waals surface area (Å²) in [7, 11) is 0. The fourth-order valence-electron chi connectivity index (χ4n) is 3.00. The van der Waals surface area contributed by atoms with Gasteiger partial charge in [0, 0.05) is 0 Å². The Morgan fingerprint density at radius 1 is 0.933 bits per heavy atom. The van der Waals surface area contributed by atoms with Gasteiger partial charge in [-0.1, -0.05) is 61.4 Å². The number of imide groups is 1. The lowest BCUT2D eigenvalue weighted by atomic mass is 10.0. The molecule has 0 saturated carbocycles. The molecular weight excluding hydrogens is 388 g/mol. The van der Waals surface area contributed by atoms with Crippen molar-refractivity contribution in [3.8, 4) is 0 Å². The molecule has 1 aliphatic rings. The lowest BCUT2D eigenvalue weighted by molar-refractivity contribution is -0.171. The highest BCUT2D eigenvalue weighted by atomic mass is 16.7. The van der Waals surface area contributed by atoms with Gasteiger partial charge in [-0.25, -0.2) is 9.59 Å². The van der Waals surface area contributed by atoms with Crippen LogP contribution in [0.15, 0.2) is 54.6 Å². The maximum Gasteiger partial charge on any atom is 0.408 e. The van der Waals surface area contributed by atoms with Crippen LogP contribution in [0.5, 0.6) is 0 Å². The van der Waals surface area contributed by atoms with Crippen LogP contribution in [0.4, 0.5) is 4.79 Å². The number of amides is 3. The topological polar surface area (TPSA) is 102 Å². The van der Waals surface area contributed by atoms with Crippen LogP contribution < -0.4 is 5.32 Å². The largest absolute Gasteiger partial charge is 0.445 e. The summed E-state index contributed by atoms with van der Waals surface area (Å²) in [5.41, 5.74) is 1.11. The maximum atomic E-state index is 12.6. The second-order valence-electron chi connectivity index (χ2n) is 7.25. The first-order valence-electron chi connectivity index (χ1n) is 9.53. The summed E-state index contributed by atoms with van der Waals surface area (Å²) in [6, 6.07) is 14.2. The molecule has 1 atom stereocenters. The van der Waals surface area contributed by atoms with Crippen LogP contribution in [0.1, 0.15) is 46.5 Å². The van der Waals surface area contributed by atoms with E-state index in [1.165, 1.54) is 12.1 Å². The molecule has 30 heavy (non-hydrogen) atoms. The molecule has 0 bridgehead atoms. The minimum atomic E-state index is -1.09. The number of alkyl carbamates (subject to hydrolysis) is 1. The SMILES string of the molecule is CC(C)CC(NC(=O)OCc1ccccc1)C(=O)ON1C(=O)c2ccccc2C1=O. The number of hydroxylamine groups is 2. The van der Waals surface area contributed by atoms with Gasteiger partial charge in [0.25, 0.3) is 11.8 Å². The standard InChI is InChI=1S/C22H22N2O6/c1-14(2)12-18(23-22(28)29-13-15-8-4-3-5-9-15)21(27)30-24-19(25)16-10-6-7-11-17(16)20(24)26/h3-11,14,18H,12-13H2,1-2H3,(H,23,28). The zero-order valence-corrected chi connectivity index (χ0v) is 16.7. The lowest BCUT2D eigenvalue weighted by Gasteiger charge is -2.21. The Morgan fingerprint density at radius 3 is 2.07 bits per heavy atom. The van der Waals surface area contributed by atoms with Gasteiger partial charge >= 0.3 is 12.1 Å². The van der Waals surface area contributed by atoms with E-state index in [1.54, 1.807) is 24.3 Å². The van der Waals surface area contributed by atoms with E-state index >= 15 is 0 Å². The Kier molecular flexibility index (Phi) is 6.46. The molecule has 8 nitrogen and oxygen atoms in total. The molecule has 0 aliphatic carbocycles. The first-order chi connectivity index (χ1) is 14.4. The average Bonchev–Trinajstić information content (AvgIpc) is 2.97. The number of nitrogens with zero attached hydrogens (tertiary/aromatic N) is 1. The third-order valence-electron chi connectivity index (χ3n) is 4.43. The van der Waals surface area contributed by atoms with Gasteiger partial charge in [-0.2, -0.15) is 0 Å². The van der Waals surface area contributed by atoms with E-state index < -0.39 is 29.9 Å². The Hall–Kier alpha value is -3.68. The summed E-state index contributed by atoms with van der Waals surface area (Å²) < 4.78 is 5.15. The normalized spacial score (nSPS) is 13.8. The number of hydrogen-bond donors (Lipinski definition) is 1. The Labute approximate surface area is 173 Å². The predicted molar refractivity (Wildman–Crippen MR) is 106 cm³/mol. The quantitative estimate of drug-likeness (QED) is 0.704. The maximum absolute atomic E-state index is 12.6. The number of nitrogens with one attached hydrogen (secondary N) is 1. The number of fused-ring (bicyclic) bond motifs is 1. The van der Waals surface area contributed by atoms with Crippen molar-refractivity contribution in [2.75, 3.05) is 0 Å². The second kappa shape index (κ2) is 9.21. The van der Waals surface area contributed by atoms with Gasteiger partial charge in [0.1, 0.15) is 12.6 Å². The van der Waals surface area contributed by atoms with Crippen LogP contribution in [-0.4, -0.2) is 35.0 Å². The molecule has 156 valence electrons. The second-order valence-corrected chi connectivity index (χ2v) is 7.25. The first-order valence-corrected chi connectivity index (χ1v) is 9.53. The summed E-state index contributed by atoms with van der Waals surface area (Å²) in [4.78, 5) is 54.7. The zero-order chi connectivity index (χ0) is 21.7. The van der Waals surface area contributed by atoms with Gasteiger partial charge in [0.15, 0.2) is 0 Å². The summed E-state index contributed by atoms with van der Waals surface area (Å²) in [5, 5.41) is 2.89. The minimum absolute atomic E-state index is 0.0270. The first kappa shape index (κ1) is 21.0. The summed E-state index contributed by atoms with van der Waals surface area (Å²) in [5.74, 6) is -2.34. The number of ether oxygens (including phenoxy) is 1. The predicted octanol–water partition coefficient (Wildman–Crippen LogP) is 3.08. The minimum Gasteiger partial charge on any atom is -0.445 e. The molecule has 0 spiro atoms. The van der Waals surface area contributed by atoms with E-state index in [4.69, 9.17) is 9.57 Å². The molecule has 1 heterocycles. The van der Waals surface area contributed by atoms with Crippen LogP contribution in [0.25, 0.3) is 0 Å². The fourth-order valence-corrected chi connectivity index (χ4v) is 3.00. The van der Waals surface area contributed by atoms with Crippen molar-refractivity contribution in [3.63, 3.8) is 0 Å². The van der Waals surface area contributed by atoms with Gasteiger partial charge in [-0.15, -0.1) is 0 Å². The van der Waals surface area contributed by atoms with E-state index in [0.717, 1.165) is 5.56 Å².